The van der Waals surface area contributed by atoms with Crippen LogP contribution in [-0.2, 0) is 9.47 Å². The van der Waals surface area contributed by atoms with Gasteiger partial charge in [-0.05, 0) is 30.7 Å². The number of hydrogen-bond acceptors (Lipinski definition) is 4. The minimum Gasteiger partial charge on any atom is -0.465 e. The zero-order valence-corrected chi connectivity index (χ0v) is 11.4. The highest BCUT2D eigenvalue weighted by molar-refractivity contribution is 5.89. The smallest absolute Gasteiger partial charge is 0.337 e. The molecule has 0 aromatic heterocycles. The normalized spacial score (nSPS) is 13.1. The Hall–Kier alpha value is -1.83. The third kappa shape index (κ3) is 4.40. The molecule has 0 spiro atoms. The first-order chi connectivity index (χ1) is 9.04. The van der Waals surface area contributed by atoms with Gasteiger partial charge in [0.2, 0.25) is 0 Å². The van der Waals surface area contributed by atoms with Gasteiger partial charge in [0, 0.05) is 12.7 Å². The average molecular weight is 262 g/mol. The standard InChI is InChI=1S/C15H18O4/c1-4-15(17,11-18-2)10-9-12-5-7-13(8-6-12)14(16)19-3/h5-8,17H,4,11H2,1-3H3/t15-/m1/s1. The molecule has 0 aliphatic rings. The molecule has 1 atom stereocenters. The molecule has 4 heteroatoms. The molecule has 0 saturated heterocycles. The summed E-state index contributed by atoms with van der Waals surface area (Å²) >= 11 is 0. The summed E-state index contributed by atoms with van der Waals surface area (Å²) in [5, 5.41) is 10.1. The Bertz CT molecular complexity index is 481. The molecule has 4 nitrogen and oxygen atoms in total. The van der Waals surface area contributed by atoms with Crippen molar-refractivity contribution in [3.05, 3.63) is 35.4 Å². The van der Waals surface area contributed by atoms with Gasteiger partial charge in [0.25, 0.3) is 0 Å². The van der Waals surface area contributed by atoms with E-state index < -0.39 is 5.60 Å². The topological polar surface area (TPSA) is 55.8 Å². The fourth-order valence-electron chi connectivity index (χ4n) is 1.46. The number of carbonyl (C=O) groups excluding carboxylic acids is 1. The molecule has 19 heavy (non-hydrogen) atoms. The number of methoxy groups -OCH3 is 2. The van der Waals surface area contributed by atoms with Crippen LogP contribution >= 0.6 is 0 Å². The van der Waals surface area contributed by atoms with Gasteiger partial charge in [-0.3, -0.25) is 0 Å². The molecule has 0 amide bonds. The van der Waals surface area contributed by atoms with E-state index in [1.54, 1.807) is 24.3 Å². The highest BCUT2D eigenvalue weighted by Crippen LogP contribution is 2.10. The molecule has 0 fully saturated rings. The van der Waals surface area contributed by atoms with Crippen LogP contribution in [0.5, 0.6) is 0 Å². The van der Waals surface area contributed by atoms with Gasteiger partial charge < -0.3 is 14.6 Å². The number of hydrogen-bond donors (Lipinski definition) is 1. The second-order valence-electron chi connectivity index (χ2n) is 4.14. The summed E-state index contributed by atoms with van der Waals surface area (Å²) in [6, 6.07) is 6.69. The third-order valence-corrected chi connectivity index (χ3v) is 2.71. The van der Waals surface area contributed by atoms with Crippen molar-refractivity contribution in [2.75, 3.05) is 20.8 Å². The highest BCUT2D eigenvalue weighted by Gasteiger charge is 2.21. The van der Waals surface area contributed by atoms with Crippen molar-refractivity contribution < 1.29 is 19.4 Å². The first-order valence-corrected chi connectivity index (χ1v) is 5.97. The molecule has 0 unspecified atom stereocenters. The van der Waals surface area contributed by atoms with Crippen LogP contribution in [0.25, 0.3) is 0 Å². The summed E-state index contributed by atoms with van der Waals surface area (Å²) in [7, 11) is 2.86. The second-order valence-corrected chi connectivity index (χ2v) is 4.14. The maximum atomic E-state index is 11.3. The van der Waals surface area contributed by atoms with Gasteiger partial charge in [-0.2, -0.15) is 0 Å². The van der Waals surface area contributed by atoms with Crippen molar-refractivity contribution in [2.24, 2.45) is 0 Å². The molecule has 0 radical (unpaired) electrons. The lowest BCUT2D eigenvalue weighted by Gasteiger charge is -2.18. The SMILES string of the molecule is CC[C@@](O)(C#Cc1ccc(C(=O)OC)cc1)COC. The molecule has 0 aliphatic carbocycles. The Kier molecular flexibility index (Phi) is 5.56. The van der Waals surface area contributed by atoms with Crippen LogP contribution in [0.15, 0.2) is 24.3 Å². The van der Waals surface area contributed by atoms with Crippen LogP contribution < -0.4 is 0 Å². The van der Waals surface area contributed by atoms with Gasteiger partial charge in [-0.25, -0.2) is 4.79 Å². The Balaban J connectivity index is 2.86. The van der Waals surface area contributed by atoms with Gasteiger partial charge in [0.15, 0.2) is 0 Å². The maximum Gasteiger partial charge on any atom is 0.337 e. The van der Waals surface area contributed by atoms with E-state index in [4.69, 9.17) is 4.74 Å². The van der Waals surface area contributed by atoms with E-state index >= 15 is 0 Å². The van der Waals surface area contributed by atoms with Gasteiger partial charge >= 0.3 is 5.97 Å². The minimum atomic E-state index is -1.14. The van der Waals surface area contributed by atoms with E-state index in [1.165, 1.54) is 14.2 Å². The molecule has 1 rings (SSSR count). The summed E-state index contributed by atoms with van der Waals surface area (Å²) in [6.07, 6.45) is 0.480. The third-order valence-electron chi connectivity index (χ3n) is 2.71. The molecule has 1 aromatic carbocycles. The van der Waals surface area contributed by atoms with Crippen molar-refractivity contribution in [1.29, 1.82) is 0 Å². The molecule has 1 aromatic rings. The quantitative estimate of drug-likeness (QED) is 0.661. The van der Waals surface area contributed by atoms with Crippen molar-refractivity contribution in [1.82, 2.24) is 0 Å². The summed E-state index contributed by atoms with van der Waals surface area (Å²) in [4.78, 5) is 11.3. The molecule has 0 saturated carbocycles. The fraction of sp³-hybridized carbons (Fsp3) is 0.400. The molecule has 1 N–H and O–H groups in total. The maximum absolute atomic E-state index is 11.3. The summed E-state index contributed by atoms with van der Waals surface area (Å²) in [5.41, 5.74) is 0.0433. The Morgan fingerprint density at radius 1 is 1.32 bits per heavy atom. The number of benzene rings is 1. The highest BCUT2D eigenvalue weighted by atomic mass is 16.5. The minimum absolute atomic E-state index is 0.163. The van der Waals surface area contributed by atoms with Crippen LogP contribution in [0.2, 0.25) is 0 Å². The van der Waals surface area contributed by atoms with Gasteiger partial charge in [0.05, 0.1) is 19.3 Å². The van der Waals surface area contributed by atoms with E-state index in [2.05, 4.69) is 16.6 Å². The average Bonchev–Trinajstić information content (AvgIpc) is 2.45. The first kappa shape index (κ1) is 15.2. The lowest BCUT2D eigenvalue weighted by molar-refractivity contribution is 0.0111. The van der Waals surface area contributed by atoms with Gasteiger partial charge in [0.1, 0.15) is 5.60 Å². The predicted molar refractivity (Wildman–Crippen MR) is 71.8 cm³/mol. The summed E-state index contributed by atoms with van der Waals surface area (Å²) in [5.74, 6) is 5.28. The van der Waals surface area contributed by atoms with Gasteiger partial charge in [-0.1, -0.05) is 18.8 Å². The number of aliphatic hydroxyl groups is 1. The second kappa shape index (κ2) is 6.93. The largest absolute Gasteiger partial charge is 0.465 e. The van der Waals surface area contributed by atoms with Crippen molar-refractivity contribution >= 4 is 5.97 Å². The number of ether oxygens (including phenoxy) is 2. The lowest BCUT2D eigenvalue weighted by atomic mass is 10.0. The number of carbonyl (C=O) groups is 1. The van der Waals surface area contributed by atoms with E-state index in [0.717, 1.165) is 5.56 Å². The lowest BCUT2D eigenvalue weighted by Crippen LogP contribution is -2.31. The first-order valence-electron chi connectivity index (χ1n) is 5.97. The van der Waals surface area contributed by atoms with E-state index in [1.807, 2.05) is 6.92 Å². The molecule has 102 valence electrons. The van der Waals surface area contributed by atoms with Crippen LogP contribution in [0, 0.1) is 11.8 Å². The number of rotatable bonds is 4. The predicted octanol–water partition coefficient (Wildman–Crippen LogP) is 1.61. The fourth-order valence-corrected chi connectivity index (χ4v) is 1.46. The monoisotopic (exact) mass is 262 g/mol. The Morgan fingerprint density at radius 2 is 1.95 bits per heavy atom. The van der Waals surface area contributed by atoms with E-state index in [9.17, 15) is 9.90 Å². The summed E-state index contributed by atoms with van der Waals surface area (Å²) in [6.45, 7) is 2.00. The summed E-state index contributed by atoms with van der Waals surface area (Å²) < 4.78 is 9.55. The van der Waals surface area contributed by atoms with Crippen LogP contribution in [0.3, 0.4) is 0 Å². The molecule has 0 aliphatic heterocycles. The van der Waals surface area contributed by atoms with Crippen LogP contribution in [0.4, 0.5) is 0 Å². The zero-order valence-electron chi connectivity index (χ0n) is 11.4. The van der Waals surface area contributed by atoms with E-state index in [-0.39, 0.29) is 12.6 Å². The molecular formula is C15H18O4. The van der Waals surface area contributed by atoms with Crippen LogP contribution in [0.1, 0.15) is 29.3 Å². The number of esters is 1. The zero-order chi connectivity index (χ0) is 14.3. The van der Waals surface area contributed by atoms with E-state index in [0.29, 0.717) is 12.0 Å². The molecular weight excluding hydrogens is 244 g/mol. The molecule has 0 heterocycles. The van der Waals surface area contributed by atoms with Crippen molar-refractivity contribution in [3.63, 3.8) is 0 Å². The van der Waals surface area contributed by atoms with Crippen molar-refractivity contribution in [2.45, 2.75) is 18.9 Å². The Labute approximate surface area is 113 Å². The molecule has 0 bridgehead atoms. The van der Waals surface area contributed by atoms with Crippen LogP contribution in [-0.4, -0.2) is 37.5 Å². The van der Waals surface area contributed by atoms with Gasteiger partial charge in [-0.15, -0.1) is 0 Å². The van der Waals surface area contributed by atoms with Crippen molar-refractivity contribution in [3.8, 4) is 11.8 Å². The Morgan fingerprint density at radius 3 is 2.42 bits per heavy atom.